The molecule has 0 spiro atoms. The van der Waals surface area contributed by atoms with Crippen LogP contribution in [0.5, 0.6) is 0 Å². The second-order valence-corrected chi connectivity index (χ2v) is 1.98. The van der Waals surface area contributed by atoms with E-state index in [1.54, 1.807) is 0 Å². The first kappa shape index (κ1) is 12.0. The van der Waals surface area contributed by atoms with Gasteiger partial charge in [-0.25, -0.2) is 0 Å². The Hall–Kier alpha value is 1.03. The third kappa shape index (κ3) is 5.29. The van der Waals surface area contributed by atoms with E-state index in [-0.39, 0.29) is 57.4 Å². The summed E-state index contributed by atoms with van der Waals surface area (Å²) in [6, 6.07) is 0. The number of hydrogen-bond donors (Lipinski definition) is 0. The van der Waals surface area contributed by atoms with Crippen molar-refractivity contribution < 1.29 is 19.0 Å². The topological polar surface area (TPSA) is 44.8 Å². The Balaban J connectivity index is 0.000001000. The molecule has 0 aromatic heterocycles. The molecular formula is C6H11KO4. The van der Waals surface area contributed by atoms with Gasteiger partial charge in [0.1, 0.15) is 6.61 Å². The Bertz CT molecular complexity index is 122. The molecule has 1 heterocycles. The van der Waals surface area contributed by atoms with Crippen molar-refractivity contribution in [2.24, 2.45) is 0 Å². The van der Waals surface area contributed by atoms with Crippen LogP contribution in [0.15, 0.2) is 0 Å². The molecule has 1 aliphatic heterocycles. The molecule has 0 saturated carbocycles. The zero-order valence-corrected chi connectivity index (χ0v) is 5.83. The molecule has 1 aliphatic rings. The predicted octanol–water partition coefficient (Wildman–Crippen LogP) is -0.726. The van der Waals surface area contributed by atoms with Crippen molar-refractivity contribution in [2.45, 2.75) is 13.2 Å². The Morgan fingerprint density at radius 1 is 1.55 bits per heavy atom. The molecule has 0 bridgehead atoms. The fraction of sp³-hybridized carbons (Fsp3) is 0.833. The second kappa shape index (κ2) is 6.53. The van der Waals surface area contributed by atoms with E-state index in [0.29, 0.717) is 19.8 Å². The molecule has 0 amide bonds. The Morgan fingerprint density at radius 2 is 2.27 bits per heavy atom. The Morgan fingerprint density at radius 3 is 2.73 bits per heavy atom. The summed E-state index contributed by atoms with van der Waals surface area (Å²) < 4.78 is 14.7. The monoisotopic (exact) mass is 186 g/mol. The van der Waals surface area contributed by atoms with Crippen molar-refractivity contribution in [2.75, 3.05) is 19.8 Å². The van der Waals surface area contributed by atoms with Gasteiger partial charge in [0, 0.05) is 6.92 Å². The fourth-order valence-electron chi connectivity index (χ4n) is 0.719. The van der Waals surface area contributed by atoms with Crippen LogP contribution in [0.25, 0.3) is 0 Å². The molecule has 1 saturated heterocycles. The van der Waals surface area contributed by atoms with Gasteiger partial charge in [-0.3, -0.25) is 4.79 Å². The van der Waals surface area contributed by atoms with Crippen molar-refractivity contribution in [1.29, 1.82) is 0 Å². The molecule has 60 valence electrons. The maximum absolute atomic E-state index is 10.4. The Labute approximate surface area is 108 Å². The first-order chi connectivity index (χ1) is 4.79. The third-order valence-electron chi connectivity index (χ3n) is 1.08. The minimum atomic E-state index is -0.494. The van der Waals surface area contributed by atoms with Crippen molar-refractivity contribution in [1.82, 2.24) is 0 Å². The van der Waals surface area contributed by atoms with Crippen LogP contribution in [-0.4, -0.2) is 83.5 Å². The van der Waals surface area contributed by atoms with Crippen LogP contribution in [0.1, 0.15) is 6.92 Å². The number of esters is 1. The third-order valence-corrected chi connectivity index (χ3v) is 1.08. The number of carbonyl (C=O) groups excluding carboxylic acids is 1. The number of carbonyl (C=O) groups is 1. The summed E-state index contributed by atoms with van der Waals surface area (Å²) in [5.41, 5.74) is 0. The van der Waals surface area contributed by atoms with Crippen molar-refractivity contribution in [3.05, 3.63) is 0 Å². The van der Waals surface area contributed by atoms with Crippen molar-refractivity contribution in [3.8, 4) is 0 Å². The van der Waals surface area contributed by atoms with Crippen LogP contribution in [0.3, 0.4) is 0 Å². The minimum absolute atomic E-state index is 0. The van der Waals surface area contributed by atoms with Crippen LogP contribution in [0.2, 0.25) is 0 Å². The molecule has 0 aromatic rings. The number of hydrogen-bond acceptors (Lipinski definition) is 4. The van der Waals surface area contributed by atoms with E-state index < -0.39 is 6.29 Å². The zero-order valence-electron chi connectivity index (χ0n) is 5.83. The fourth-order valence-corrected chi connectivity index (χ4v) is 0.719. The van der Waals surface area contributed by atoms with Crippen LogP contribution in [0.4, 0.5) is 0 Å². The first-order valence-corrected chi connectivity index (χ1v) is 3.15. The molecule has 5 heteroatoms. The van der Waals surface area contributed by atoms with E-state index in [9.17, 15) is 4.79 Å². The quantitative estimate of drug-likeness (QED) is 0.400. The summed E-state index contributed by atoms with van der Waals surface area (Å²) in [6.07, 6.45) is -0.494. The first-order valence-electron chi connectivity index (χ1n) is 3.15. The normalized spacial score (nSPS) is 23.5. The average molecular weight is 186 g/mol. The molecule has 1 rings (SSSR count). The summed E-state index contributed by atoms with van der Waals surface area (Å²) in [7, 11) is 0. The molecule has 1 fully saturated rings. The standard InChI is InChI=1S/C6H10O4.K.H/c1-5(7)10-6-4-8-2-3-9-6;;/h6H,2-4H2,1H3;;. The van der Waals surface area contributed by atoms with Crippen molar-refractivity contribution >= 4 is 57.4 Å². The maximum atomic E-state index is 10.4. The molecule has 1 unspecified atom stereocenters. The van der Waals surface area contributed by atoms with Gasteiger partial charge in [-0.2, -0.15) is 0 Å². The van der Waals surface area contributed by atoms with Gasteiger partial charge in [-0.05, 0) is 0 Å². The van der Waals surface area contributed by atoms with Crippen LogP contribution < -0.4 is 0 Å². The van der Waals surface area contributed by atoms with Gasteiger partial charge in [0.15, 0.2) is 0 Å². The summed E-state index contributed by atoms with van der Waals surface area (Å²) >= 11 is 0. The van der Waals surface area contributed by atoms with Crippen LogP contribution in [0, 0.1) is 0 Å². The zero-order chi connectivity index (χ0) is 7.40. The molecule has 0 aromatic carbocycles. The van der Waals surface area contributed by atoms with E-state index in [0.717, 1.165) is 0 Å². The van der Waals surface area contributed by atoms with Gasteiger partial charge in [-0.1, -0.05) is 0 Å². The van der Waals surface area contributed by atoms with Gasteiger partial charge in [0.2, 0.25) is 6.29 Å². The SMILES string of the molecule is CC(=O)OC1COCCO1.[KH]. The van der Waals surface area contributed by atoms with Crippen molar-refractivity contribution in [3.63, 3.8) is 0 Å². The number of ether oxygens (including phenoxy) is 3. The van der Waals surface area contributed by atoms with Crippen LogP contribution >= 0.6 is 0 Å². The van der Waals surface area contributed by atoms with Gasteiger partial charge in [0.25, 0.3) is 0 Å². The van der Waals surface area contributed by atoms with Gasteiger partial charge >= 0.3 is 57.4 Å². The molecule has 0 aliphatic carbocycles. The summed E-state index contributed by atoms with van der Waals surface area (Å²) in [6.45, 7) is 2.77. The van der Waals surface area contributed by atoms with Gasteiger partial charge in [0.05, 0.1) is 13.2 Å². The summed E-state index contributed by atoms with van der Waals surface area (Å²) in [5.74, 6) is -0.337. The van der Waals surface area contributed by atoms with E-state index in [1.807, 2.05) is 0 Å². The van der Waals surface area contributed by atoms with Crippen LogP contribution in [-0.2, 0) is 19.0 Å². The molecule has 4 nitrogen and oxygen atoms in total. The average Bonchev–Trinajstić information content (AvgIpc) is 1.88. The van der Waals surface area contributed by atoms with E-state index in [1.165, 1.54) is 6.92 Å². The second-order valence-electron chi connectivity index (χ2n) is 1.98. The molecule has 1 atom stereocenters. The Kier molecular flexibility index (Phi) is 7.14. The van der Waals surface area contributed by atoms with E-state index in [2.05, 4.69) is 0 Å². The molecule has 0 radical (unpaired) electrons. The molecule has 0 N–H and O–H groups in total. The van der Waals surface area contributed by atoms with E-state index >= 15 is 0 Å². The predicted molar refractivity (Wildman–Crippen MR) is 39.5 cm³/mol. The van der Waals surface area contributed by atoms with Gasteiger partial charge < -0.3 is 14.2 Å². The van der Waals surface area contributed by atoms with E-state index in [4.69, 9.17) is 14.2 Å². The number of rotatable bonds is 1. The molecule has 11 heavy (non-hydrogen) atoms. The van der Waals surface area contributed by atoms with Gasteiger partial charge in [-0.15, -0.1) is 0 Å². The molecular weight excluding hydrogens is 175 g/mol. The summed E-state index contributed by atoms with van der Waals surface area (Å²) in [5, 5.41) is 0. The summed E-state index contributed by atoms with van der Waals surface area (Å²) in [4.78, 5) is 10.4.